The molecule has 0 heterocycles. The predicted molar refractivity (Wildman–Crippen MR) is 80.7 cm³/mol. The molecule has 0 aliphatic carbocycles. The summed E-state index contributed by atoms with van der Waals surface area (Å²) in [6, 6.07) is 4.33. The molecule has 0 unspecified atom stereocenters. The first-order chi connectivity index (χ1) is 9.80. The summed E-state index contributed by atoms with van der Waals surface area (Å²) in [4.78, 5) is 22.2. The fraction of sp³-hybridized carbons (Fsp3) is 0.500. The molecule has 1 rings (SSSR count). The Morgan fingerprint density at radius 2 is 2.10 bits per heavy atom. The van der Waals surface area contributed by atoms with Crippen molar-refractivity contribution in [3.8, 4) is 0 Å². The third kappa shape index (κ3) is 4.71. The van der Waals surface area contributed by atoms with Crippen LogP contribution in [0.2, 0.25) is 0 Å². The van der Waals surface area contributed by atoms with Gasteiger partial charge in [-0.2, -0.15) is 0 Å². The summed E-state index contributed by atoms with van der Waals surface area (Å²) < 4.78 is 5.53. The lowest BCUT2D eigenvalue weighted by molar-refractivity contribution is -0.384. The summed E-state index contributed by atoms with van der Waals surface area (Å²) in [6.07, 6.45) is 0. The Bertz CT molecular complexity index is 529. The Balaban J connectivity index is 2.97. The number of carbonyl (C=O) groups excluding carboxylic acids is 1. The van der Waals surface area contributed by atoms with Gasteiger partial charge in [-0.25, -0.2) is 0 Å². The molecule has 0 atom stereocenters. The van der Waals surface area contributed by atoms with Crippen LogP contribution in [0.25, 0.3) is 0 Å². The van der Waals surface area contributed by atoms with Gasteiger partial charge in [0, 0.05) is 31.8 Å². The zero-order chi connectivity index (χ0) is 16.0. The molecular weight excluding hydrogens is 274 g/mol. The van der Waals surface area contributed by atoms with Gasteiger partial charge in [-0.05, 0) is 32.9 Å². The number of benzene rings is 1. The zero-order valence-electron chi connectivity index (χ0n) is 12.7. The van der Waals surface area contributed by atoms with Gasteiger partial charge in [0.1, 0.15) is 5.69 Å². The minimum absolute atomic E-state index is 0.136. The van der Waals surface area contributed by atoms with Gasteiger partial charge in [0.2, 0.25) is 0 Å². The molecule has 0 fully saturated rings. The highest BCUT2D eigenvalue weighted by molar-refractivity contribution is 5.95. The number of ether oxygens (including phenoxy) is 1. The lowest BCUT2D eigenvalue weighted by atomic mass is 10.1. The molecule has 0 spiro atoms. The SMILES string of the molecule is CCOC(C)(C)CNc1ccc(C(=O)NC)cc1[N+](=O)[O-]. The summed E-state index contributed by atoms with van der Waals surface area (Å²) in [6.45, 7) is 6.66. The standard InChI is InChI=1S/C14H21N3O4/c1-5-21-14(2,3)9-16-11-7-6-10(13(18)15-4)8-12(11)17(19)20/h6-8,16H,5,9H2,1-4H3,(H,15,18). The number of hydrogen-bond acceptors (Lipinski definition) is 5. The number of nitro groups is 1. The van der Waals surface area contributed by atoms with Gasteiger partial charge >= 0.3 is 0 Å². The summed E-state index contributed by atoms with van der Waals surface area (Å²) in [5.41, 5.74) is 0.0323. The van der Waals surface area contributed by atoms with Crippen molar-refractivity contribution >= 4 is 17.3 Å². The number of amides is 1. The molecule has 0 bridgehead atoms. The van der Waals surface area contributed by atoms with Crippen LogP contribution < -0.4 is 10.6 Å². The second-order valence-electron chi connectivity index (χ2n) is 5.11. The second-order valence-corrected chi connectivity index (χ2v) is 5.11. The maximum atomic E-state index is 11.5. The van der Waals surface area contributed by atoms with E-state index >= 15 is 0 Å². The first-order valence-corrected chi connectivity index (χ1v) is 6.69. The van der Waals surface area contributed by atoms with E-state index in [0.29, 0.717) is 18.8 Å². The van der Waals surface area contributed by atoms with E-state index in [0.717, 1.165) is 0 Å². The summed E-state index contributed by atoms with van der Waals surface area (Å²) >= 11 is 0. The Morgan fingerprint density at radius 1 is 1.43 bits per heavy atom. The van der Waals surface area contributed by atoms with E-state index < -0.39 is 10.5 Å². The van der Waals surface area contributed by atoms with Gasteiger partial charge in [0.25, 0.3) is 11.6 Å². The Hall–Kier alpha value is -2.15. The van der Waals surface area contributed by atoms with Crippen molar-refractivity contribution in [3.63, 3.8) is 0 Å². The fourth-order valence-electron chi connectivity index (χ4n) is 1.87. The molecule has 0 saturated carbocycles. The first kappa shape index (κ1) is 16.9. The third-order valence-electron chi connectivity index (χ3n) is 2.92. The van der Waals surface area contributed by atoms with Crippen LogP contribution in [0.4, 0.5) is 11.4 Å². The normalized spacial score (nSPS) is 11.0. The van der Waals surface area contributed by atoms with Crippen molar-refractivity contribution < 1.29 is 14.5 Å². The van der Waals surface area contributed by atoms with Gasteiger partial charge < -0.3 is 15.4 Å². The van der Waals surface area contributed by atoms with Crippen molar-refractivity contribution in [1.29, 1.82) is 0 Å². The molecule has 0 radical (unpaired) electrons. The lowest BCUT2D eigenvalue weighted by Crippen LogP contribution is -2.33. The van der Waals surface area contributed by atoms with Gasteiger partial charge in [-0.3, -0.25) is 14.9 Å². The number of nitrogens with one attached hydrogen (secondary N) is 2. The maximum Gasteiger partial charge on any atom is 0.293 e. The van der Waals surface area contributed by atoms with E-state index in [9.17, 15) is 14.9 Å². The quantitative estimate of drug-likeness (QED) is 0.594. The zero-order valence-corrected chi connectivity index (χ0v) is 12.7. The van der Waals surface area contributed by atoms with Crippen molar-refractivity contribution in [2.24, 2.45) is 0 Å². The highest BCUT2D eigenvalue weighted by atomic mass is 16.6. The van der Waals surface area contributed by atoms with Crippen molar-refractivity contribution in [1.82, 2.24) is 5.32 Å². The van der Waals surface area contributed by atoms with E-state index in [-0.39, 0.29) is 17.2 Å². The highest BCUT2D eigenvalue weighted by Crippen LogP contribution is 2.26. The van der Waals surface area contributed by atoms with Crippen LogP contribution in [-0.4, -0.2) is 36.6 Å². The minimum atomic E-state index is -0.511. The van der Waals surface area contributed by atoms with Crippen molar-refractivity contribution in [2.45, 2.75) is 26.4 Å². The van der Waals surface area contributed by atoms with Crippen LogP contribution in [0.15, 0.2) is 18.2 Å². The van der Waals surface area contributed by atoms with Crippen LogP contribution in [0, 0.1) is 10.1 Å². The Kier molecular flexibility index (Phi) is 5.66. The lowest BCUT2D eigenvalue weighted by Gasteiger charge is -2.25. The number of hydrogen-bond donors (Lipinski definition) is 2. The monoisotopic (exact) mass is 295 g/mol. The van der Waals surface area contributed by atoms with E-state index in [1.165, 1.54) is 19.2 Å². The summed E-state index contributed by atoms with van der Waals surface area (Å²) in [7, 11) is 1.48. The average Bonchev–Trinajstić information content (AvgIpc) is 2.44. The minimum Gasteiger partial charge on any atom is -0.377 e. The van der Waals surface area contributed by atoms with Crippen molar-refractivity contribution in [2.75, 3.05) is 25.5 Å². The molecule has 21 heavy (non-hydrogen) atoms. The van der Waals surface area contributed by atoms with Crippen LogP contribution >= 0.6 is 0 Å². The number of carbonyl (C=O) groups is 1. The molecule has 7 heteroatoms. The average molecular weight is 295 g/mol. The highest BCUT2D eigenvalue weighted by Gasteiger charge is 2.21. The van der Waals surface area contributed by atoms with Gasteiger partial charge in [-0.15, -0.1) is 0 Å². The molecule has 1 aromatic carbocycles. The molecule has 0 aliphatic heterocycles. The number of nitrogens with zero attached hydrogens (tertiary/aromatic N) is 1. The van der Waals surface area contributed by atoms with E-state index in [1.807, 2.05) is 20.8 Å². The summed E-state index contributed by atoms with van der Waals surface area (Å²) in [5.74, 6) is -0.362. The molecule has 0 aromatic heterocycles. The molecule has 1 amide bonds. The molecule has 7 nitrogen and oxygen atoms in total. The predicted octanol–water partition coefficient (Wildman–Crippen LogP) is 2.18. The number of nitro benzene ring substituents is 1. The maximum absolute atomic E-state index is 11.5. The number of anilines is 1. The van der Waals surface area contributed by atoms with Gasteiger partial charge in [-0.1, -0.05) is 0 Å². The van der Waals surface area contributed by atoms with E-state index in [4.69, 9.17) is 4.74 Å². The van der Waals surface area contributed by atoms with Gasteiger partial charge in [0.15, 0.2) is 0 Å². The van der Waals surface area contributed by atoms with Crippen LogP contribution in [-0.2, 0) is 4.74 Å². The third-order valence-corrected chi connectivity index (χ3v) is 2.92. The molecule has 1 aromatic rings. The Labute approximate surface area is 123 Å². The van der Waals surface area contributed by atoms with Crippen molar-refractivity contribution in [3.05, 3.63) is 33.9 Å². The molecule has 2 N–H and O–H groups in total. The van der Waals surface area contributed by atoms with E-state index in [2.05, 4.69) is 10.6 Å². The topological polar surface area (TPSA) is 93.5 Å². The van der Waals surface area contributed by atoms with E-state index in [1.54, 1.807) is 6.07 Å². The second kappa shape index (κ2) is 7.03. The first-order valence-electron chi connectivity index (χ1n) is 6.69. The molecule has 0 aliphatic rings. The Morgan fingerprint density at radius 3 is 2.62 bits per heavy atom. The molecule has 0 saturated heterocycles. The number of rotatable bonds is 7. The van der Waals surface area contributed by atoms with Gasteiger partial charge in [0.05, 0.1) is 10.5 Å². The summed E-state index contributed by atoms with van der Waals surface area (Å²) in [5, 5.41) is 16.6. The van der Waals surface area contributed by atoms with Crippen LogP contribution in [0.5, 0.6) is 0 Å². The van der Waals surface area contributed by atoms with Crippen LogP contribution in [0.3, 0.4) is 0 Å². The largest absolute Gasteiger partial charge is 0.377 e. The fourth-order valence-corrected chi connectivity index (χ4v) is 1.87. The smallest absolute Gasteiger partial charge is 0.293 e. The van der Waals surface area contributed by atoms with Crippen LogP contribution in [0.1, 0.15) is 31.1 Å². The molecule has 116 valence electrons. The molecular formula is C14H21N3O4.